The minimum absolute atomic E-state index is 0.605. The van der Waals surface area contributed by atoms with Crippen molar-refractivity contribution in [3.8, 4) is 0 Å². The summed E-state index contributed by atoms with van der Waals surface area (Å²) in [6, 6.07) is 1.18. The molecule has 0 aliphatic rings. The molecule has 0 fully saturated rings. The van der Waals surface area contributed by atoms with Gasteiger partial charge in [-0.15, -0.1) is 0 Å². The number of hydrogen-bond acceptors (Lipinski definition) is 2. The second-order valence-electron chi connectivity index (χ2n) is 4.06. The van der Waals surface area contributed by atoms with E-state index in [1.807, 2.05) is 0 Å². The number of hydrogen-bond donors (Lipinski definition) is 0. The molecule has 0 N–H and O–H groups in total. The Morgan fingerprint density at radius 2 is 1.40 bits per heavy atom. The van der Waals surface area contributed by atoms with E-state index in [9.17, 15) is 0 Å². The largest absolute Gasteiger partial charge is 0.400 e. The van der Waals surface area contributed by atoms with Crippen LogP contribution in [0.1, 0.15) is 27.2 Å². The van der Waals surface area contributed by atoms with Gasteiger partial charge in [0.05, 0.1) is 24.6 Å². The molecule has 0 saturated heterocycles. The van der Waals surface area contributed by atoms with Gasteiger partial charge in [0.2, 0.25) is 0 Å². The van der Waals surface area contributed by atoms with Crippen molar-refractivity contribution in [2.24, 2.45) is 0 Å². The summed E-state index contributed by atoms with van der Waals surface area (Å²) in [5.41, 5.74) is 0. The molecule has 0 bridgehead atoms. The maximum Gasteiger partial charge on any atom is 0.321 e. The molecule has 0 spiro atoms. The molecule has 15 heavy (non-hydrogen) atoms. The van der Waals surface area contributed by atoms with Crippen LogP contribution in [0.15, 0.2) is 0 Å². The fraction of sp³-hybridized carbons (Fsp3) is 1.00. The Balaban J connectivity index is 3.89. The fourth-order valence-electron chi connectivity index (χ4n) is 2.07. The fourth-order valence-corrected chi connectivity index (χ4v) is 6.76. The minimum Gasteiger partial charge on any atom is -0.400 e. The molecule has 0 amide bonds. The standard InChI is InChI=1S/C11H28O2PSi/c1-6-14(7-2,8-3)10-9-11-15(12-4)13-5/h15H,6-11H2,1-5H3/q+1. The van der Waals surface area contributed by atoms with Crippen LogP contribution in [-0.4, -0.2) is 48.2 Å². The van der Waals surface area contributed by atoms with E-state index in [0.29, 0.717) is 0 Å². The second-order valence-corrected chi connectivity index (χ2v) is 11.5. The lowest BCUT2D eigenvalue weighted by atomic mass is 10.6. The normalized spacial score (nSPS) is 12.4. The lowest BCUT2D eigenvalue weighted by Gasteiger charge is -2.24. The Morgan fingerprint density at radius 1 is 0.933 bits per heavy atom. The van der Waals surface area contributed by atoms with Crippen molar-refractivity contribution < 1.29 is 8.85 Å². The van der Waals surface area contributed by atoms with Crippen LogP contribution in [0.4, 0.5) is 0 Å². The molecule has 0 aliphatic heterocycles. The molecular formula is C11H28O2PSi+. The molecule has 0 unspecified atom stereocenters. The van der Waals surface area contributed by atoms with Crippen LogP contribution < -0.4 is 0 Å². The molecule has 0 atom stereocenters. The first-order chi connectivity index (χ1) is 7.17. The van der Waals surface area contributed by atoms with Crippen LogP contribution >= 0.6 is 7.26 Å². The summed E-state index contributed by atoms with van der Waals surface area (Å²) in [4.78, 5) is 0. The molecule has 0 radical (unpaired) electrons. The van der Waals surface area contributed by atoms with Gasteiger partial charge in [-0.3, -0.25) is 0 Å². The van der Waals surface area contributed by atoms with Gasteiger partial charge in [0.15, 0.2) is 0 Å². The van der Waals surface area contributed by atoms with Crippen molar-refractivity contribution in [2.45, 2.75) is 33.2 Å². The van der Waals surface area contributed by atoms with E-state index in [2.05, 4.69) is 20.8 Å². The first-order valence-electron chi connectivity index (χ1n) is 6.08. The van der Waals surface area contributed by atoms with E-state index in [4.69, 9.17) is 8.85 Å². The van der Waals surface area contributed by atoms with Crippen LogP contribution in [0.2, 0.25) is 6.04 Å². The molecule has 0 aromatic rings. The van der Waals surface area contributed by atoms with Gasteiger partial charge in [-0.25, -0.2) is 0 Å². The molecule has 0 saturated carbocycles. The third-order valence-electron chi connectivity index (χ3n) is 3.61. The zero-order valence-corrected chi connectivity index (χ0v) is 13.1. The zero-order chi connectivity index (χ0) is 11.7. The Morgan fingerprint density at radius 3 is 1.73 bits per heavy atom. The Kier molecular flexibility index (Phi) is 9.02. The highest BCUT2D eigenvalue weighted by atomic mass is 31.2. The van der Waals surface area contributed by atoms with Gasteiger partial charge in [-0.05, 0) is 33.2 Å². The predicted octanol–water partition coefficient (Wildman–Crippen LogP) is 2.97. The molecule has 4 heteroatoms. The molecule has 0 aliphatic carbocycles. The Hall–Kier alpha value is 0.567. The lowest BCUT2D eigenvalue weighted by Crippen LogP contribution is -2.19. The first-order valence-corrected chi connectivity index (χ1v) is 10.4. The summed E-state index contributed by atoms with van der Waals surface area (Å²) in [7, 11) is 1.66. The molecule has 0 heterocycles. The SMILES string of the molecule is CC[P+](CC)(CC)CCC[SiH](OC)OC. The third kappa shape index (κ3) is 5.44. The quantitative estimate of drug-likeness (QED) is 0.463. The van der Waals surface area contributed by atoms with E-state index < -0.39 is 16.5 Å². The minimum atomic E-state index is -1.30. The topological polar surface area (TPSA) is 18.5 Å². The Labute approximate surface area is 97.9 Å². The van der Waals surface area contributed by atoms with Gasteiger partial charge in [0, 0.05) is 21.5 Å². The van der Waals surface area contributed by atoms with Gasteiger partial charge < -0.3 is 8.85 Å². The highest BCUT2D eigenvalue weighted by Gasteiger charge is 2.30. The van der Waals surface area contributed by atoms with Crippen LogP contribution in [0, 0.1) is 0 Å². The van der Waals surface area contributed by atoms with Crippen LogP contribution in [-0.2, 0) is 8.85 Å². The second kappa shape index (κ2) is 8.69. The maximum atomic E-state index is 5.34. The van der Waals surface area contributed by atoms with E-state index in [1.165, 1.54) is 37.1 Å². The number of rotatable bonds is 9. The first kappa shape index (κ1) is 15.6. The van der Waals surface area contributed by atoms with Gasteiger partial charge >= 0.3 is 9.28 Å². The summed E-state index contributed by atoms with van der Waals surface area (Å²) in [6.07, 6.45) is 6.97. The van der Waals surface area contributed by atoms with Crippen molar-refractivity contribution >= 4 is 16.5 Å². The van der Waals surface area contributed by atoms with Crippen molar-refractivity contribution in [1.82, 2.24) is 0 Å². The van der Waals surface area contributed by atoms with Gasteiger partial charge in [-0.1, -0.05) is 0 Å². The van der Waals surface area contributed by atoms with Crippen LogP contribution in [0.25, 0.3) is 0 Å². The summed E-state index contributed by atoms with van der Waals surface area (Å²) in [5, 5.41) is 0. The van der Waals surface area contributed by atoms with E-state index in [-0.39, 0.29) is 0 Å². The maximum absolute atomic E-state index is 5.34. The van der Waals surface area contributed by atoms with Crippen molar-refractivity contribution in [2.75, 3.05) is 38.9 Å². The van der Waals surface area contributed by atoms with Crippen LogP contribution in [0.3, 0.4) is 0 Å². The molecule has 0 aromatic carbocycles. The van der Waals surface area contributed by atoms with Gasteiger partial charge in [-0.2, -0.15) is 0 Å². The van der Waals surface area contributed by atoms with E-state index in [1.54, 1.807) is 14.2 Å². The third-order valence-corrected chi connectivity index (χ3v) is 10.8. The smallest absolute Gasteiger partial charge is 0.321 e. The van der Waals surface area contributed by atoms with E-state index >= 15 is 0 Å². The van der Waals surface area contributed by atoms with Gasteiger partial charge in [0.1, 0.15) is 0 Å². The average Bonchev–Trinajstić information content (AvgIpc) is 2.31. The van der Waals surface area contributed by atoms with Crippen LogP contribution in [0.5, 0.6) is 0 Å². The summed E-state index contributed by atoms with van der Waals surface area (Å²) < 4.78 is 10.7. The molecule has 2 nitrogen and oxygen atoms in total. The monoisotopic (exact) mass is 251 g/mol. The highest BCUT2D eigenvalue weighted by molar-refractivity contribution is 7.75. The van der Waals surface area contributed by atoms with Crippen molar-refractivity contribution in [3.05, 3.63) is 0 Å². The lowest BCUT2D eigenvalue weighted by molar-refractivity contribution is 0.277. The molecule has 0 aromatic heterocycles. The zero-order valence-electron chi connectivity index (χ0n) is 11.1. The summed E-state index contributed by atoms with van der Waals surface area (Å²) in [6.45, 7) is 7.09. The summed E-state index contributed by atoms with van der Waals surface area (Å²) in [5.74, 6) is 0. The van der Waals surface area contributed by atoms with Crippen molar-refractivity contribution in [1.29, 1.82) is 0 Å². The molecule has 92 valence electrons. The molecule has 0 rings (SSSR count). The van der Waals surface area contributed by atoms with Gasteiger partial charge in [0.25, 0.3) is 0 Å². The van der Waals surface area contributed by atoms with E-state index in [0.717, 1.165) is 0 Å². The molecular weight excluding hydrogens is 223 g/mol. The predicted molar refractivity (Wildman–Crippen MR) is 74.0 cm³/mol. The summed E-state index contributed by atoms with van der Waals surface area (Å²) >= 11 is 0. The highest BCUT2D eigenvalue weighted by Crippen LogP contribution is 2.58. The average molecular weight is 251 g/mol. The Bertz CT molecular complexity index is 139. The van der Waals surface area contributed by atoms with Crippen molar-refractivity contribution in [3.63, 3.8) is 0 Å².